The Balaban J connectivity index is 2.15. The number of halogens is 1. The van der Waals surface area contributed by atoms with Gasteiger partial charge in [0.05, 0.1) is 16.7 Å². The molecule has 0 aromatic heterocycles. The SMILES string of the molecule is O=C(N/N=C/c1cc([N+](=O)[O-])ccc1O)c1cc(Cl)ccc1O. The molecule has 0 bridgehead atoms. The molecule has 0 saturated carbocycles. The largest absolute Gasteiger partial charge is 0.507 e. The average Bonchev–Trinajstić information content (AvgIpc) is 2.51. The maximum absolute atomic E-state index is 11.9. The molecule has 0 radical (unpaired) electrons. The number of aromatic hydroxyl groups is 2. The van der Waals surface area contributed by atoms with Crippen LogP contribution in [0.3, 0.4) is 0 Å². The third kappa shape index (κ3) is 3.95. The Bertz CT molecular complexity index is 807. The van der Waals surface area contributed by atoms with E-state index in [1.54, 1.807) is 0 Å². The number of non-ortho nitro benzene ring substituents is 1. The van der Waals surface area contributed by atoms with Crippen molar-refractivity contribution < 1.29 is 19.9 Å². The van der Waals surface area contributed by atoms with E-state index in [9.17, 15) is 25.1 Å². The summed E-state index contributed by atoms with van der Waals surface area (Å²) in [5, 5.41) is 33.7. The second kappa shape index (κ2) is 6.75. The molecule has 0 aliphatic heterocycles. The first-order chi connectivity index (χ1) is 10.9. The molecule has 2 aromatic rings. The van der Waals surface area contributed by atoms with Crippen molar-refractivity contribution in [2.45, 2.75) is 0 Å². The van der Waals surface area contributed by atoms with Crippen molar-refractivity contribution in [3.8, 4) is 11.5 Å². The van der Waals surface area contributed by atoms with Gasteiger partial charge < -0.3 is 10.2 Å². The van der Waals surface area contributed by atoms with Crippen LogP contribution in [0.15, 0.2) is 41.5 Å². The van der Waals surface area contributed by atoms with Gasteiger partial charge in [0.2, 0.25) is 0 Å². The number of phenolic OH excluding ortho intramolecular Hbond substituents is 2. The van der Waals surface area contributed by atoms with Crippen LogP contribution in [0, 0.1) is 10.1 Å². The molecule has 0 spiro atoms. The third-order valence-corrected chi connectivity index (χ3v) is 3.03. The molecule has 0 heterocycles. The summed E-state index contributed by atoms with van der Waals surface area (Å²) in [5.41, 5.74) is 1.85. The molecule has 23 heavy (non-hydrogen) atoms. The normalized spacial score (nSPS) is 10.7. The number of nitrogens with one attached hydrogen (secondary N) is 1. The zero-order chi connectivity index (χ0) is 17.0. The summed E-state index contributed by atoms with van der Waals surface area (Å²) in [5.74, 6) is -1.24. The van der Waals surface area contributed by atoms with Crippen LogP contribution in [-0.2, 0) is 0 Å². The molecule has 0 aliphatic rings. The summed E-state index contributed by atoms with van der Waals surface area (Å²) in [4.78, 5) is 21.9. The first-order valence-corrected chi connectivity index (χ1v) is 6.55. The fourth-order valence-electron chi connectivity index (χ4n) is 1.67. The number of rotatable bonds is 4. The van der Waals surface area contributed by atoms with Crippen LogP contribution in [0.2, 0.25) is 5.02 Å². The lowest BCUT2D eigenvalue weighted by molar-refractivity contribution is -0.384. The van der Waals surface area contributed by atoms with Gasteiger partial charge in [0.15, 0.2) is 0 Å². The van der Waals surface area contributed by atoms with Crippen LogP contribution in [0.4, 0.5) is 5.69 Å². The molecular weight excluding hydrogens is 326 g/mol. The Morgan fingerprint density at radius 2 is 1.91 bits per heavy atom. The lowest BCUT2D eigenvalue weighted by atomic mass is 10.2. The minimum Gasteiger partial charge on any atom is -0.507 e. The van der Waals surface area contributed by atoms with Crippen LogP contribution >= 0.6 is 11.6 Å². The molecule has 9 heteroatoms. The van der Waals surface area contributed by atoms with Gasteiger partial charge in [-0.1, -0.05) is 11.6 Å². The van der Waals surface area contributed by atoms with Crippen molar-refractivity contribution in [3.05, 3.63) is 62.7 Å². The molecule has 8 nitrogen and oxygen atoms in total. The molecule has 0 unspecified atom stereocenters. The molecule has 0 saturated heterocycles. The van der Waals surface area contributed by atoms with E-state index in [2.05, 4.69) is 10.5 Å². The number of carbonyl (C=O) groups is 1. The highest BCUT2D eigenvalue weighted by Gasteiger charge is 2.12. The highest BCUT2D eigenvalue weighted by molar-refractivity contribution is 6.31. The fraction of sp³-hybridized carbons (Fsp3) is 0. The smallest absolute Gasteiger partial charge is 0.275 e. The van der Waals surface area contributed by atoms with Gasteiger partial charge >= 0.3 is 0 Å². The number of phenols is 2. The van der Waals surface area contributed by atoms with E-state index in [-0.39, 0.29) is 33.3 Å². The van der Waals surface area contributed by atoms with E-state index in [0.29, 0.717) is 0 Å². The minimum absolute atomic E-state index is 0.0508. The average molecular weight is 336 g/mol. The minimum atomic E-state index is -0.730. The predicted octanol–water partition coefficient (Wildman–Crippen LogP) is 2.42. The van der Waals surface area contributed by atoms with Crippen molar-refractivity contribution in [2.75, 3.05) is 0 Å². The topological polar surface area (TPSA) is 125 Å². The number of nitro groups is 1. The standard InChI is InChI=1S/C14H10ClN3O5/c15-9-1-3-13(20)11(6-9)14(21)17-16-7-8-5-10(18(22)23)2-4-12(8)19/h1-7,19-20H,(H,17,21)/b16-7+. The number of nitrogens with zero attached hydrogens (tertiary/aromatic N) is 2. The Hall–Kier alpha value is -3.13. The molecule has 118 valence electrons. The first kappa shape index (κ1) is 16.2. The highest BCUT2D eigenvalue weighted by atomic mass is 35.5. The Kier molecular flexibility index (Phi) is 4.77. The van der Waals surface area contributed by atoms with Crippen LogP contribution in [0.1, 0.15) is 15.9 Å². The van der Waals surface area contributed by atoms with Crippen molar-refractivity contribution in [1.29, 1.82) is 0 Å². The van der Waals surface area contributed by atoms with Gasteiger partial charge in [-0.15, -0.1) is 0 Å². The van der Waals surface area contributed by atoms with E-state index in [0.717, 1.165) is 24.4 Å². The number of hydrazone groups is 1. The maximum Gasteiger partial charge on any atom is 0.275 e. The molecule has 0 atom stereocenters. The predicted molar refractivity (Wildman–Crippen MR) is 82.9 cm³/mol. The molecule has 2 aromatic carbocycles. The van der Waals surface area contributed by atoms with Crippen molar-refractivity contribution >= 4 is 29.4 Å². The quantitative estimate of drug-likeness (QED) is 0.449. The summed E-state index contributed by atoms with van der Waals surface area (Å²) >= 11 is 5.73. The first-order valence-electron chi connectivity index (χ1n) is 6.18. The van der Waals surface area contributed by atoms with Crippen molar-refractivity contribution in [1.82, 2.24) is 5.43 Å². The Morgan fingerprint density at radius 1 is 1.22 bits per heavy atom. The number of carbonyl (C=O) groups excluding carboxylic acids is 1. The van der Waals surface area contributed by atoms with Gasteiger partial charge in [0.25, 0.3) is 11.6 Å². The number of benzene rings is 2. The number of nitro benzene ring substituents is 1. The second-order valence-corrected chi connectivity index (χ2v) is 4.80. The lowest BCUT2D eigenvalue weighted by Crippen LogP contribution is -2.17. The maximum atomic E-state index is 11.9. The lowest BCUT2D eigenvalue weighted by Gasteiger charge is -2.03. The van der Waals surface area contributed by atoms with E-state index in [1.165, 1.54) is 18.2 Å². The van der Waals surface area contributed by atoms with Crippen LogP contribution in [-0.4, -0.2) is 27.3 Å². The van der Waals surface area contributed by atoms with E-state index in [4.69, 9.17) is 11.6 Å². The number of hydrogen-bond acceptors (Lipinski definition) is 6. The van der Waals surface area contributed by atoms with E-state index >= 15 is 0 Å². The monoisotopic (exact) mass is 335 g/mol. The molecule has 1 amide bonds. The zero-order valence-electron chi connectivity index (χ0n) is 11.4. The van der Waals surface area contributed by atoms with Crippen LogP contribution < -0.4 is 5.43 Å². The van der Waals surface area contributed by atoms with Crippen molar-refractivity contribution in [3.63, 3.8) is 0 Å². The van der Waals surface area contributed by atoms with Gasteiger partial charge in [-0.05, 0) is 24.3 Å². The Morgan fingerprint density at radius 3 is 2.61 bits per heavy atom. The second-order valence-electron chi connectivity index (χ2n) is 4.36. The summed E-state index contributed by atoms with van der Waals surface area (Å²) < 4.78 is 0. The van der Waals surface area contributed by atoms with Gasteiger partial charge in [0, 0.05) is 22.7 Å². The van der Waals surface area contributed by atoms with Crippen LogP contribution in [0.5, 0.6) is 11.5 Å². The van der Waals surface area contributed by atoms with Crippen LogP contribution in [0.25, 0.3) is 0 Å². The summed E-state index contributed by atoms with van der Waals surface area (Å²) in [6.45, 7) is 0. The van der Waals surface area contributed by atoms with Gasteiger partial charge in [-0.25, -0.2) is 5.43 Å². The third-order valence-electron chi connectivity index (χ3n) is 2.79. The fourth-order valence-corrected chi connectivity index (χ4v) is 1.84. The van der Waals surface area contributed by atoms with Gasteiger partial charge in [-0.2, -0.15) is 5.10 Å². The molecule has 0 fully saturated rings. The molecule has 0 aliphatic carbocycles. The molecular formula is C14H10ClN3O5. The van der Waals surface area contributed by atoms with Gasteiger partial charge in [-0.3, -0.25) is 14.9 Å². The van der Waals surface area contributed by atoms with E-state index < -0.39 is 10.8 Å². The van der Waals surface area contributed by atoms with Gasteiger partial charge in [0.1, 0.15) is 11.5 Å². The zero-order valence-corrected chi connectivity index (χ0v) is 12.2. The number of amides is 1. The Labute approximate surface area is 134 Å². The number of hydrogen-bond donors (Lipinski definition) is 3. The summed E-state index contributed by atoms with van der Waals surface area (Å²) in [6, 6.07) is 7.30. The summed E-state index contributed by atoms with van der Waals surface area (Å²) in [7, 11) is 0. The van der Waals surface area contributed by atoms with E-state index in [1.807, 2.05) is 0 Å². The molecule has 2 rings (SSSR count). The highest BCUT2D eigenvalue weighted by Crippen LogP contribution is 2.22. The molecule has 3 N–H and O–H groups in total. The van der Waals surface area contributed by atoms with Crippen molar-refractivity contribution in [2.24, 2.45) is 5.10 Å². The summed E-state index contributed by atoms with van der Waals surface area (Å²) in [6.07, 6.45) is 1.04.